The van der Waals surface area contributed by atoms with Crippen LogP contribution < -0.4 is 5.32 Å². The molecule has 5 nitrogen and oxygen atoms in total. The van der Waals surface area contributed by atoms with Gasteiger partial charge in [0, 0.05) is 24.7 Å². The van der Waals surface area contributed by atoms with Gasteiger partial charge in [-0.2, -0.15) is 0 Å². The van der Waals surface area contributed by atoms with Gasteiger partial charge >= 0.3 is 5.97 Å². The van der Waals surface area contributed by atoms with Gasteiger partial charge in [-0.25, -0.2) is 9.78 Å². The molecule has 0 bridgehead atoms. The Balaban J connectivity index is 1.84. The van der Waals surface area contributed by atoms with Crippen LogP contribution in [0, 0.1) is 6.92 Å². The van der Waals surface area contributed by atoms with Crippen molar-refractivity contribution in [1.82, 2.24) is 15.3 Å². The lowest BCUT2D eigenvalue weighted by atomic mass is 10.2. The molecule has 19 heavy (non-hydrogen) atoms. The molecule has 0 saturated carbocycles. The fourth-order valence-corrected chi connectivity index (χ4v) is 2.19. The second-order valence-corrected chi connectivity index (χ2v) is 5.05. The van der Waals surface area contributed by atoms with E-state index >= 15 is 0 Å². The predicted molar refractivity (Wildman–Crippen MR) is 73.0 cm³/mol. The van der Waals surface area contributed by atoms with Crippen LogP contribution in [0.3, 0.4) is 0 Å². The number of methoxy groups -OCH3 is 1. The average molecular weight is 277 g/mol. The molecule has 2 aromatic rings. The van der Waals surface area contributed by atoms with Crippen LogP contribution in [-0.2, 0) is 17.8 Å². The summed E-state index contributed by atoms with van der Waals surface area (Å²) in [6, 6.07) is 3.52. The Labute approximate surface area is 115 Å². The minimum Gasteiger partial charge on any atom is -0.465 e. The molecule has 0 saturated heterocycles. The van der Waals surface area contributed by atoms with Crippen LogP contribution in [0.5, 0.6) is 0 Å². The fraction of sp³-hybridized carbons (Fsp3) is 0.308. The fourth-order valence-electron chi connectivity index (χ4n) is 1.58. The van der Waals surface area contributed by atoms with Crippen molar-refractivity contribution in [3.8, 4) is 0 Å². The first-order chi connectivity index (χ1) is 9.19. The van der Waals surface area contributed by atoms with Crippen LogP contribution in [-0.4, -0.2) is 23.0 Å². The van der Waals surface area contributed by atoms with Crippen molar-refractivity contribution in [2.75, 3.05) is 7.11 Å². The van der Waals surface area contributed by atoms with Crippen LogP contribution in [0.2, 0.25) is 0 Å². The van der Waals surface area contributed by atoms with Crippen molar-refractivity contribution in [1.29, 1.82) is 0 Å². The Bertz CT molecular complexity index is 551. The zero-order valence-corrected chi connectivity index (χ0v) is 11.7. The van der Waals surface area contributed by atoms with Crippen molar-refractivity contribution in [3.05, 3.63) is 45.7 Å². The number of carbonyl (C=O) groups is 1. The number of esters is 1. The normalized spacial score (nSPS) is 10.4. The van der Waals surface area contributed by atoms with E-state index in [9.17, 15) is 4.79 Å². The molecule has 0 aliphatic heterocycles. The maximum absolute atomic E-state index is 11.2. The Hall–Kier alpha value is -1.79. The lowest BCUT2D eigenvalue weighted by molar-refractivity contribution is 0.0600. The largest absolute Gasteiger partial charge is 0.465 e. The molecule has 2 aromatic heterocycles. The summed E-state index contributed by atoms with van der Waals surface area (Å²) >= 11 is 1.64. The average Bonchev–Trinajstić information content (AvgIpc) is 2.84. The van der Waals surface area contributed by atoms with E-state index in [0.717, 1.165) is 16.4 Å². The van der Waals surface area contributed by atoms with Gasteiger partial charge in [-0.15, -0.1) is 11.3 Å². The first kappa shape index (κ1) is 13.6. The number of thiazole rings is 1. The zero-order chi connectivity index (χ0) is 13.7. The van der Waals surface area contributed by atoms with E-state index < -0.39 is 0 Å². The summed E-state index contributed by atoms with van der Waals surface area (Å²) in [6.07, 6.45) is 1.52. The second kappa shape index (κ2) is 6.40. The van der Waals surface area contributed by atoms with E-state index in [4.69, 9.17) is 0 Å². The summed E-state index contributed by atoms with van der Waals surface area (Å²) in [7, 11) is 1.35. The first-order valence-electron chi connectivity index (χ1n) is 5.84. The molecule has 2 heterocycles. The van der Waals surface area contributed by atoms with Crippen molar-refractivity contribution in [2.45, 2.75) is 20.0 Å². The van der Waals surface area contributed by atoms with E-state index in [1.165, 1.54) is 13.3 Å². The van der Waals surface area contributed by atoms with Crippen molar-refractivity contribution in [3.63, 3.8) is 0 Å². The maximum Gasteiger partial charge on any atom is 0.339 e. The highest BCUT2D eigenvalue weighted by molar-refractivity contribution is 7.09. The molecule has 6 heteroatoms. The molecule has 0 amide bonds. The molecule has 0 spiro atoms. The summed E-state index contributed by atoms with van der Waals surface area (Å²) < 4.78 is 4.62. The number of carbonyl (C=O) groups excluding carboxylic acids is 1. The third kappa shape index (κ3) is 3.84. The Kier molecular flexibility index (Phi) is 4.59. The van der Waals surface area contributed by atoms with Gasteiger partial charge in [0.15, 0.2) is 0 Å². The lowest BCUT2D eigenvalue weighted by Gasteiger charge is -2.03. The number of rotatable bonds is 5. The molecule has 0 aliphatic rings. The van der Waals surface area contributed by atoms with E-state index in [1.54, 1.807) is 17.4 Å². The maximum atomic E-state index is 11.2. The summed E-state index contributed by atoms with van der Waals surface area (Å²) in [5, 5.41) is 6.36. The number of pyridine rings is 1. The van der Waals surface area contributed by atoms with Gasteiger partial charge in [-0.05, 0) is 19.1 Å². The zero-order valence-electron chi connectivity index (χ0n) is 10.8. The molecule has 100 valence electrons. The number of aryl methyl sites for hydroxylation is 1. The van der Waals surface area contributed by atoms with Gasteiger partial charge in [0.25, 0.3) is 0 Å². The Morgan fingerprint density at radius 1 is 1.37 bits per heavy atom. The highest BCUT2D eigenvalue weighted by Gasteiger charge is 2.05. The number of aromatic nitrogens is 2. The molecule has 1 N–H and O–H groups in total. The van der Waals surface area contributed by atoms with Gasteiger partial charge in [0.2, 0.25) is 0 Å². The van der Waals surface area contributed by atoms with Gasteiger partial charge in [0.05, 0.1) is 29.1 Å². The van der Waals surface area contributed by atoms with Gasteiger partial charge < -0.3 is 10.1 Å². The highest BCUT2D eigenvalue weighted by atomic mass is 32.1. The number of ether oxygens (including phenoxy) is 1. The number of nitrogens with zero attached hydrogens (tertiary/aromatic N) is 2. The van der Waals surface area contributed by atoms with Crippen LogP contribution in [0.1, 0.15) is 26.8 Å². The molecule has 0 radical (unpaired) electrons. The SMILES string of the molecule is COC(=O)c1ccc(CNCc2csc(C)n2)nc1. The number of nitrogens with one attached hydrogen (secondary N) is 1. The third-order valence-electron chi connectivity index (χ3n) is 2.52. The monoisotopic (exact) mass is 277 g/mol. The second-order valence-electron chi connectivity index (χ2n) is 3.99. The van der Waals surface area contributed by atoms with E-state index in [1.807, 2.05) is 18.4 Å². The smallest absolute Gasteiger partial charge is 0.339 e. The standard InChI is InChI=1S/C13H15N3O2S/c1-9-16-12(8-19-9)7-14-6-11-4-3-10(5-15-11)13(17)18-2/h3-5,8,14H,6-7H2,1-2H3. The van der Waals surface area contributed by atoms with E-state index in [-0.39, 0.29) is 5.97 Å². The summed E-state index contributed by atoms with van der Waals surface area (Å²) in [5.41, 5.74) is 2.37. The highest BCUT2D eigenvalue weighted by Crippen LogP contribution is 2.07. The molecule has 0 aliphatic carbocycles. The van der Waals surface area contributed by atoms with Gasteiger partial charge in [-0.3, -0.25) is 4.98 Å². The molecular formula is C13H15N3O2S. The Morgan fingerprint density at radius 2 is 2.16 bits per heavy atom. The lowest BCUT2D eigenvalue weighted by Crippen LogP contribution is -2.14. The van der Waals surface area contributed by atoms with E-state index in [0.29, 0.717) is 18.7 Å². The predicted octanol–water partition coefficient (Wildman–Crippen LogP) is 1.92. The Morgan fingerprint density at radius 3 is 2.74 bits per heavy atom. The molecule has 0 unspecified atom stereocenters. The van der Waals surface area contributed by atoms with Crippen molar-refractivity contribution >= 4 is 17.3 Å². The molecular weight excluding hydrogens is 262 g/mol. The minimum atomic E-state index is -0.370. The van der Waals surface area contributed by atoms with Crippen LogP contribution >= 0.6 is 11.3 Å². The topological polar surface area (TPSA) is 64.1 Å². The van der Waals surface area contributed by atoms with Gasteiger partial charge in [-0.1, -0.05) is 0 Å². The quantitative estimate of drug-likeness (QED) is 0.846. The van der Waals surface area contributed by atoms with Crippen LogP contribution in [0.15, 0.2) is 23.7 Å². The van der Waals surface area contributed by atoms with Gasteiger partial charge in [0.1, 0.15) is 0 Å². The summed E-state index contributed by atoms with van der Waals surface area (Å²) in [5.74, 6) is -0.370. The van der Waals surface area contributed by atoms with Crippen molar-refractivity contribution in [2.24, 2.45) is 0 Å². The van der Waals surface area contributed by atoms with Crippen LogP contribution in [0.25, 0.3) is 0 Å². The third-order valence-corrected chi connectivity index (χ3v) is 3.35. The minimum absolute atomic E-state index is 0.370. The van der Waals surface area contributed by atoms with Crippen molar-refractivity contribution < 1.29 is 9.53 Å². The molecule has 0 atom stereocenters. The molecule has 0 fully saturated rings. The molecule has 0 aromatic carbocycles. The summed E-state index contributed by atoms with van der Waals surface area (Å²) in [6.45, 7) is 3.34. The number of hydrogen-bond donors (Lipinski definition) is 1. The summed E-state index contributed by atoms with van der Waals surface area (Å²) in [4.78, 5) is 19.8. The first-order valence-corrected chi connectivity index (χ1v) is 6.72. The number of hydrogen-bond acceptors (Lipinski definition) is 6. The molecule has 2 rings (SSSR count). The van der Waals surface area contributed by atoms with Crippen LogP contribution in [0.4, 0.5) is 0 Å². The van der Waals surface area contributed by atoms with E-state index in [2.05, 4.69) is 20.0 Å².